The molecule has 2 amide bonds. The molecule has 3 rings (SSSR count). The zero-order valence-corrected chi connectivity index (χ0v) is 14.2. The summed E-state index contributed by atoms with van der Waals surface area (Å²) in [4.78, 5) is 28.5. The van der Waals surface area contributed by atoms with E-state index < -0.39 is 0 Å². The Morgan fingerprint density at radius 3 is 2.71 bits per heavy atom. The van der Waals surface area contributed by atoms with Gasteiger partial charge in [0.1, 0.15) is 0 Å². The lowest BCUT2D eigenvalue weighted by atomic mass is 10.00. The highest BCUT2D eigenvalue weighted by atomic mass is 32.2. The second kappa shape index (κ2) is 7.24. The van der Waals surface area contributed by atoms with Crippen molar-refractivity contribution in [1.29, 1.82) is 5.26 Å². The van der Waals surface area contributed by atoms with Crippen LogP contribution in [0.25, 0.3) is 0 Å². The molecule has 2 N–H and O–H groups in total. The molecule has 2 heterocycles. The second-order valence-corrected chi connectivity index (χ2v) is 7.19. The van der Waals surface area contributed by atoms with Gasteiger partial charge < -0.3 is 10.6 Å². The lowest BCUT2D eigenvalue weighted by molar-refractivity contribution is -0.130. The fraction of sp³-hybridized carbons (Fsp3) is 0.471. The summed E-state index contributed by atoms with van der Waals surface area (Å²) >= 11 is 1.70. The van der Waals surface area contributed by atoms with E-state index in [1.807, 2.05) is 4.90 Å². The topological polar surface area (TPSA) is 90.4 Å². The van der Waals surface area contributed by atoms with Crippen molar-refractivity contribution in [2.24, 2.45) is 5.73 Å². The van der Waals surface area contributed by atoms with Crippen LogP contribution >= 0.6 is 11.8 Å². The van der Waals surface area contributed by atoms with Gasteiger partial charge in [0.15, 0.2) is 0 Å². The first kappa shape index (κ1) is 16.8. The fourth-order valence-electron chi connectivity index (χ4n) is 3.37. The standard InChI is InChI=1S/C17H20N4O2S/c18-10-12-3-5-13(6-4-12)20-7-1-2-14(17(20)23)21-8-9-24-11-15(21)16(19)22/h3-6,14-15H,1-2,7-9,11H2,(H2,19,22)/t14-,15+/m0/s1. The summed E-state index contributed by atoms with van der Waals surface area (Å²) in [6, 6.07) is 8.45. The number of carbonyl (C=O) groups excluding carboxylic acids is 2. The van der Waals surface area contributed by atoms with Crippen molar-refractivity contribution >= 4 is 29.3 Å². The van der Waals surface area contributed by atoms with E-state index in [0.29, 0.717) is 24.4 Å². The third-order valence-electron chi connectivity index (χ3n) is 4.62. The number of nitriles is 1. The summed E-state index contributed by atoms with van der Waals surface area (Å²) in [6.07, 6.45) is 1.63. The van der Waals surface area contributed by atoms with Crippen LogP contribution in [0.1, 0.15) is 18.4 Å². The third kappa shape index (κ3) is 3.25. The third-order valence-corrected chi connectivity index (χ3v) is 5.64. The molecule has 0 spiro atoms. The number of hydrogen-bond donors (Lipinski definition) is 1. The maximum atomic E-state index is 13.0. The molecule has 0 aromatic heterocycles. The van der Waals surface area contributed by atoms with Gasteiger partial charge in [-0.3, -0.25) is 14.5 Å². The second-order valence-electron chi connectivity index (χ2n) is 6.04. The van der Waals surface area contributed by atoms with Crippen molar-refractivity contribution in [1.82, 2.24) is 4.90 Å². The molecule has 0 saturated carbocycles. The van der Waals surface area contributed by atoms with Crippen LogP contribution in [0.3, 0.4) is 0 Å². The van der Waals surface area contributed by atoms with Crippen LogP contribution in [0.5, 0.6) is 0 Å². The molecule has 0 bridgehead atoms. The van der Waals surface area contributed by atoms with E-state index in [9.17, 15) is 9.59 Å². The van der Waals surface area contributed by atoms with Crippen molar-refractivity contribution in [2.75, 3.05) is 29.5 Å². The molecule has 1 aromatic carbocycles. The van der Waals surface area contributed by atoms with E-state index in [1.165, 1.54) is 0 Å². The maximum absolute atomic E-state index is 13.0. The van der Waals surface area contributed by atoms with Crippen molar-refractivity contribution in [3.8, 4) is 6.07 Å². The maximum Gasteiger partial charge on any atom is 0.244 e. The number of nitrogens with two attached hydrogens (primary N) is 1. The predicted molar refractivity (Wildman–Crippen MR) is 93.5 cm³/mol. The summed E-state index contributed by atoms with van der Waals surface area (Å²) < 4.78 is 0. The van der Waals surface area contributed by atoms with Gasteiger partial charge >= 0.3 is 0 Å². The number of primary amides is 1. The minimum Gasteiger partial charge on any atom is -0.368 e. The molecule has 126 valence electrons. The first-order chi connectivity index (χ1) is 11.6. The molecular formula is C17H20N4O2S. The quantitative estimate of drug-likeness (QED) is 0.882. The van der Waals surface area contributed by atoms with E-state index in [-0.39, 0.29) is 23.9 Å². The average molecular weight is 344 g/mol. The Labute approximate surface area is 145 Å². The van der Waals surface area contributed by atoms with Crippen molar-refractivity contribution in [3.63, 3.8) is 0 Å². The molecule has 7 heteroatoms. The van der Waals surface area contributed by atoms with Crippen molar-refractivity contribution < 1.29 is 9.59 Å². The number of rotatable bonds is 3. The van der Waals surface area contributed by atoms with Gasteiger partial charge in [-0.15, -0.1) is 0 Å². The summed E-state index contributed by atoms with van der Waals surface area (Å²) in [5.74, 6) is 1.22. The molecule has 2 saturated heterocycles. The fourth-order valence-corrected chi connectivity index (χ4v) is 4.46. The Morgan fingerprint density at radius 2 is 2.04 bits per heavy atom. The summed E-state index contributed by atoms with van der Waals surface area (Å²) in [5, 5.41) is 8.90. The Balaban J connectivity index is 1.81. The molecule has 0 aliphatic carbocycles. The Bertz CT molecular complexity index is 670. The molecule has 24 heavy (non-hydrogen) atoms. The van der Waals surface area contributed by atoms with Gasteiger partial charge in [0.05, 0.1) is 23.7 Å². The normalized spacial score (nSPS) is 25.3. The van der Waals surface area contributed by atoms with Gasteiger partial charge in [-0.2, -0.15) is 17.0 Å². The molecular weight excluding hydrogens is 324 g/mol. The van der Waals surface area contributed by atoms with E-state index >= 15 is 0 Å². The van der Waals surface area contributed by atoms with Crippen molar-refractivity contribution in [2.45, 2.75) is 24.9 Å². The minimum atomic E-state index is -0.376. The molecule has 2 fully saturated rings. The molecule has 2 aliphatic heterocycles. The number of thioether (sulfide) groups is 1. The largest absolute Gasteiger partial charge is 0.368 e. The number of carbonyl (C=O) groups is 2. The Kier molecular flexibility index (Phi) is 5.07. The number of anilines is 1. The molecule has 1 aromatic rings. The SMILES string of the molecule is N#Cc1ccc(N2CCC[C@H](N3CCSC[C@@H]3C(N)=O)C2=O)cc1. The van der Waals surface area contributed by atoms with Crippen molar-refractivity contribution in [3.05, 3.63) is 29.8 Å². The van der Waals surface area contributed by atoms with Crippen LogP contribution in [0.2, 0.25) is 0 Å². The van der Waals surface area contributed by atoms with Crippen LogP contribution in [0.4, 0.5) is 5.69 Å². The van der Waals surface area contributed by atoms with Crippen LogP contribution in [0.15, 0.2) is 24.3 Å². The van der Waals surface area contributed by atoms with Gasteiger partial charge in [-0.1, -0.05) is 0 Å². The average Bonchev–Trinajstić information content (AvgIpc) is 2.62. The Morgan fingerprint density at radius 1 is 1.29 bits per heavy atom. The predicted octanol–water partition coefficient (Wildman–Crippen LogP) is 0.956. The molecule has 2 atom stereocenters. The number of nitrogens with zero attached hydrogens (tertiary/aromatic N) is 3. The first-order valence-electron chi connectivity index (χ1n) is 8.06. The molecule has 0 radical (unpaired) electrons. The number of benzene rings is 1. The number of hydrogen-bond acceptors (Lipinski definition) is 5. The van der Waals surface area contributed by atoms with Gasteiger partial charge in [0, 0.05) is 30.3 Å². The molecule has 2 aliphatic rings. The number of piperidine rings is 1. The van der Waals surface area contributed by atoms with Crippen LogP contribution < -0.4 is 10.6 Å². The van der Waals surface area contributed by atoms with E-state index in [1.54, 1.807) is 40.9 Å². The lowest BCUT2D eigenvalue weighted by Crippen LogP contribution is -2.60. The summed E-state index contributed by atoms with van der Waals surface area (Å²) in [6.45, 7) is 1.36. The monoisotopic (exact) mass is 344 g/mol. The minimum absolute atomic E-state index is 0.0177. The van der Waals surface area contributed by atoms with Crippen LogP contribution in [-0.2, 0) is 9.59 Å². The summed E-state index contributed by atoms with van der Waals surface area (Å²) in [7, 11) is 0. The van der Waals surface area contributed by atoms with Gasteiger partial charge in [-0.05, 0) is 37.1 Å². The molecule has 0 unspecified atom stereocenters. The zero-order chi connectivity index (χ0) is 17.1. The lowest BCUT2D eigenvalue weighted by Gasteiger charge is -2.43. The van der Waals surface area contributed by atoms with Gasteiger partial charge in [0.25, 0.3) is 0 Å². The highest BCUT2D eigenvalue weighted by molar-refractivity contribution is 7.99. The first-order valence-corrected chi connectivity index (χ1v) is 9.21. The van der Waals surface area contributed by atoms with Gasteiger partial charge in [0.2, 0.25) is 11.8 Å². The highest BCUT2D eigenvalue weighted by Crippen LogP contribution is 2.28. The zero-order valence-electron chi connectivity index (χ0n) is 13.4. The highest BCUT2D eigenvalue weighted by Gasteiger charge is 2.40. The van der Waals surface area contributed by atoms with Crippen LogP contribution in [-0.4, -0.2) is 53.4 Å². The van der Waals surface area contributed by atoms with Gasteiger partial charge in [-0.25, -0.2) is 0 Å². The van der Waals surface area contributed by atoms with E-state index in [2.05, 4.69) is 6.07 Å². The smallest absolute Gasteiger partial charge is 0.244 e. The molecule has 6 nitrogen and oxygen atoms in total. The Hall–Kier alpha value is -2.04. The number of amides is 2. The van der Waals surface area contributed by atoms with Crippen LogP contribution in [0, 0.1) is 11.3 Å². The van der Waals surface area contributed by atoms with E-state index in [4.69, 9.17) is 11.0 Å². The van der Waals surface area contributed by atoms with E-state index in [0.717, 1.165) is 24.3 Å². The summed E-state index contributed by atoms with van der Waals surface area (Å²) in [5.41, 5.74) is 6.91.